The van der Waals surface area contributed by atoms with Crippen molar-refractivity contribution >= 4 is 106 Å². The standard InChI is InChI=1S/C24H28N4OS.C22H23FN4OS.C21H20BrFN4OS.C21H21FN4OS/c1-4-19-9-11-21(12-10-19)23(29)28-14-13-27(16-18(28)3)24-25-22(26-30-24)15-20-7-5-17(2)6-8-20;1-15-7-9-17(10-8-15)13-20-24-22(29-25-20)26-11-12-27(16(2)14-26)21(28)18-5-3-4-6-19(18)23;1-14-13-26(10-11-27(14)20(28)17-4-2-3-5-18(17)22)21-24-19(25-29-21)12-15-6-8-16(23)9-7-15;1-15-14-25(10-11-26(15)20(27)17-8-5-9-18(22)13-17)21-23-19(24-28-21)12-16-6-3-2-4-7-16/h5-12,18H,4,13-16H2,1-3H3;3-10,16H,11-14H2,1-2H3;2-9,14H,10-13H2,1H3;2-9,13,15H,10-12,14H2,1H3. The molecule has 28 heteroatoms. The molecular weight excluding hydrogens is 1610 g/mol. The fourth-order valence-electron chi connectivity index (χ4n) is 14.3. The normalized spacial score (nSPS) is 16.9. The van der Waals surface area contributed by atoms with Crippen molar-refractivity contribution in [1.29, 1.82) is 0 Å². The van der Waals surface area contributed by atoms with Crippen LogP contribution in [0.4, 0.5) is 33.7 Å². The van der Waals surface area contributed by atoms with Gasteiger partial charge in [0, 0.05) is 190 Å². The van der Waals surface area contributed by atoms with Gasteiger partial charge < -0.3 is 39.2 Å². The van der Waals surface area contributed by atoms with E-state index in [0.717, 1.165) is 85.4 Å². The summed E-state index contributed by atoms with van der Waals surface area (Å²) in [5.74, 6) is 1.88. The van der Waals surface area contributed by atoms with E-state index in [1.807, 2.05) is 90.4 Å². The molecule has 600 valence electrons. The predicted octanol–water partition coefficient (Wildman–Crippen LogP) is 16.3. The number of hydrogen-bond donors (Lipinski definition) is 0. The lowest BCUT2D eigenvalue weighted by molar-refractivity contribution is 0.0662. The third kappa shape index (κ3) is 21.7. The zero-order valence-electron chi connectivity index (χ0n) is 65.8. The molecule has 0 N–H and O–H groups in total. The molecular formula is C88H92BrF3N16O4S4. The average Bonchev–Trinajstić information content (AvgIpc) is 0.900. The van der Waals surface area contributed by atoms with Crippen molar-refractivity contribution in [3.05, 3.63) is 307 Å². The average molecular weight is 1700 g/mol. The highest BCUT2D eigenvalue weighted by molar-refractivity contribution is 9.10. The first-order valence-electron chi connectivity index (χ1n) is 38.9. The molecule has 4 saturated heterocycles. The third-order valence-electron chi connectivity index (χ3n) is 20.8. The van der Waals surface area contributed by atoms with E-state index in [9.17, 15) is 32.3 Å². The predicted molar refractivity (Wildman–Crippen MR) is 460 cm³/mol. The van der Waals surface area contributed by atoms with Gasteiger partial charge in [0.2, 0.25) is 20.5 Å². The summed E-state index contributed by atoms with van der Waals surface area (Å²) in [6.07, 6.45) is 3.73. The quantitative estimate of drug-likeness (QED) is 0.0833. The lowest BCUT2D eigenvalue weighted by atomic mass is 10.1. The molecule has 116 heavy (non-hydrogen) atoms. The summed E-state index contributed by atoms with van der Waals surface area (Å²) < 4.78 is 59.3. The van der Waals surface area contributed by atoms with Gasteiger partial charge in [-0.25, -0.2) is 33.1 Å². The third-order valence-corrected chi connectivity index (χ3v) is 24.8. The molecule has 0 radical (unpaired) electrons. The molecule has 0 spiro atoms. The lowest BCUT2D eigenvalue weighted by Crippen LogP contribution is -2.54. The zero-order chi connectivity index (χ0) is 81.4. The number of carbonyl (C=O) groups is 4. The van der Waals surface area contributed by atoms with Gasteiger partial charge in [0.15, 0.2) is 0 Å². The first kappa shape index (κ1) is 83.3. The number of hydrogen-bond acceptors (Lipinski definition) is 20. The number of benzene rings is 8. The number of amides is 4. The fraction of sp³-hybridized carbons (Fsp3) is 0.318. The molecule has 4 aliphatic rings. The summed E-state index contributed by atoms with van der Waals surface area (Å²) in [5, 5.41) is 3.57. The maximum atomic E-state index is 14.0. The molecule has 8 heterocycles. The van der Waals surface area contributed by atoms with E-state index in [0.29, 0.717) is 95.8 Å². The van der Waals surface area contributed by atoms with E-state index in [4.69, 9.17) is 9.97 Å². The first-order valence-corrected chi connectivity index (χ1v) is 42.8. The summed E-state index contributed by atoms with van der Waals surface area (Å²) in [7, 11) is 0. The number of nitrogens with zero attached hydrogens (tertiary/aromatic N) is 16. The highest BCUT2D eigenvalue weighted by Crippen LogP contribution is 2.31. The van der Waals surface area contributed by atoms with E-state index in [-0.39, 0.29) is 59.2 Å². The number of aryl methyl sites for hydroxylation is 3. The van der Waals surface area contributed by atoms with Crippen LogP contribution in [0.3, 0.4) is 0 Å². The molecule has 4 aromatic heterocycles. The van der Waals surface area contributed by atoms with Gasteiger partial charge in [0.25, 0.3) is 23.6 Å². The van der Waals surface area contributed by atoms with Crippen LogP contribution in [-0.4, -0.2) is 183 Å². The molecule has 12 aromatic rings. The highest BCUT2D eigenvalue weighted by atomic mass is 79.9. The molecule has 4 amide bonds. The number of carbonyl (C=O) groups excluding carboxylic acids is 4. The van der Waals surface area contributed by atoms with E-state index < -0.39 is 11.6 Å². The molecule has 4 fully saturated rings. The number of halogens is 4. The van der Waals surface area contributed by atoms with Crippen molar-refractivity contribution in [3.8, 4) is 0 Å². The van der Waals surface area contributed by atoms with Crippen LogP contribution in [0.25, 0.3) is 0 Å². The van der Waals surface area contributed by atoms with E-state index in [1.54, 1.807) is 52.3 Å². The Morgan fingerprint density at radius 2 is 0.707 bits per heavy atom. The Morgan fingerprint density at radius 3 is 1.09 bits per heavy atom. The summed E-state index contributed by atoms with van der Waals surface area (Å²) in [6, 6.07) is 61.1. The maximum absolute atomic E-state index is 14.0. The Labute approximate surface area is 700 Å². The Morgan fingerprint density at radius 1 is 0.362 bits per heavy atom. The van der Waals surface area contributed by atoms with E-state index in [1.165, 1.54) is 110 Å². The van der Waals surface area contributed by atoms with E-state index >= 15 is 0 Å². The summed E-state index contributed by atoms with van der Waals surface area (Å²) in [4.78, 5) is 86.4. The van der Waals surface area contributed by atoms with E-state index in [2.05, 4.69) is 158 Å². The minimum Gasteiger partial charge on any atom is -0.343 e. The van der Waals surface area contributed by atoms with Gasteiger partial charge in [0.05, 0.1) is 11.1 Å². The molecule has 20 nitrogen and oxygen atoms in total. The number of piperazine rings is 4. The topological polar surface area (TPSA) is 197 Å². The molecule has 0 bridgehead atoms. The van der Waals surface area contributed by atoms with Gasteiger partial charge in [-0.05, 0) is 158 Å². The summed E-state index contributed by atoms with van der Waals surface area (Å²) >= 11 is 9.08. The van der Waals surface area contributed by atoms with Crippen LogP contribution in [0, 0.1) is 31.3 Å². The number of anilines is 4. The Bertz CT molecular complexity index is 5110. The molecule has 4 atom stereocenters. The SMILES string of the molecule is CC1CN(c2nc(Cc3ccc(F)cc3)ns2)CCN1C(=O)c1ccccc1Br.CC1CN(c2nc(Cc3ccccc3)ns2)CCN1C(=O)c1cccc(F)c1.CCc1ccc(C(=O)N2CCN(c3nc(Cc4ccc(C)cc4)ns3)CC2C)cc1.Cc1ccc(Cc2nsc(N3CCN(C(=O)c4ccccc4F)C(C)C3)n2)cc1. The van der Waals surface area contributed by atoms with Crippen LogP contribution in [0.15, 0.2) is 205 Å². The lowest BCUT2D eigenvalue weighted by Gasteiger charge is -2.39. The minimum absolute atomic E-state index is 0.00555. The maximum Gasteiger partial charge on any atom is 0.257 e. The second-order valence-electron chi connectivity index (χ2n) is 29.5. The van der Waals surface area contributed by atoms with Crippen molar-refractivity contribution < 1.29 is 32.3 Å². The van der Waals surface area contributed by atoms with Crippen molar-refractivity contribution in [2.75, 3.05) is 98.1 Å². The Balaban J connectivity index is 0.000000135. The second kappa shape index (κ2) is 39.3. The highest BCUT2D eigenvalue weighted by Gasteiger charge is 2.35. The molecule has 0 aliphatic carbocycles. The largest absolute Gasteiger partial charge is 0.343 e. The Kier molecular flexibility index (Phi) is 28.2. The monoisotopic (exact) mass is 1700 g/mol. The van der Waals surface area contributed by atoms with Crippen LogP contribution >= 0.6 is 62.1 Å². The first-order chi connectivity index (χ1) is 56.1. The summed E-state index contributed by atoms with van der Waals surface area (Å²) in [5.41, 5.74) is 10.3. The number of aromatic nitrogens is 8. The molecule has 4 unspecified atom stereocenters. The van der Waals surface area contributed by atoms with Crippen molar-refractivity contribution in [2.24, 2.45) is 0 Å². The van der Waals surface area contributed by atoms with Gasteiger partial charge in [0.1, 0.15) is 40.7 Å². The van der Waals surface area contributed by atoms with Crippen molar-refractivity contribution in [2.45, 2.75) is 105 Å². The minimum atomic E-state index is -0.475. The zero-order valence-corrected chi connectivity index (χ0v) is 70.7. The van der Waals surface area contributed by atoms with Gasteiger partial charge in [-0.2, -0.15) is 17.5 Å². The van der Waals surface area contributed by atoms with Crippen molar-refractivity contribution in [1.82, 2.24) is 57.0 Å². The number of rotatable bonds is 17. The van der Waals surface area contributed by atoms with Crippen LogP contribution in [0.5, 0.6) is 0 Å². The van der Waals surface area contributed by atoms with Crippen LogP contribution in [0.1, 0.15) is 138 Å². The van der Waals surface area contributed by atoms with Gasteiger partial charge in [-0.3, -0.25) is 19.2 Å². The van der Waals surface area contributed by atoms with Gasteiger partial charge >= 0.3 is 0 Å². The molecule has 4 aliphatic heterocycles. The second-order valence-corrected chi connectivity index (χ2v) is 33.2. The smallest absolute Gasteiger partial charge is 0.257 e. The summed E-state index contributed by atoms with van der Waals surface area (Å²) in [6.45, 7) is 22.5. The Hall–Kier alpha value is -10.7. The van der Waals surface area contributed by atoms with Gasteiger partial charge in [-0.1, -0.05) is 152 Å². The molecule has 16 rings (SSSR count). The van der Waals surface area contributed by atoms with Crippen LogP contribution < -0.4 is 19.6 Å². The van der Waals surface area contributed by atoms with Crippen LogP contribution in [-0.2, 0) is 32.1 Å². The van der Waals surface area contributed by atoms with Crippen molar-refractivity contribution in [3.63, 3.8) is 0 Å². The fourth-order valence-corrected chi connectivity index (χ4v) is 17.6. The van der Waals surface area contributed by atoms with Crippen LogP contribution in [0.2, 0.25) is 0 Å². The molecule has 8 aromatic carbocycles. The van der Waals surface area contributed by atoms with Gasteiger partial charge in [-0.15, -0.1) is 0 Å². The molecule has 0 saturated carbocycles.